The molecule has 0 saturated heterocycles. The molecule has 1 heterocycles. The summed E-state index contributed by atoms with van der Waals surface area (Å²) < 4.78 is 1.60. The van der Waals surface area contributed by atoms with Crippen molar-refractivity contribution in [2.45, 2.75) is 13.2 Å². The number of aliphatic hydroxyl groups is 1. The monoisotopic (exact) mass is 257 g/mol. The Hall–Kier alpha value is -1.10. The third-order valence-electron chi connectivity index (χ3n) is 2.09. The summed E-state index contributed by atoms with van der Waals surface area (Å²) in [4.78, 5) is 0. The number of benzene rings is 1. The largest absolute Gasteiger partial charge is 0.390 e. The fourth-order valence-corrected chi connectivity index (χ4v) is 1.70. The Kier molecular flexibility index (Phi) is 3.43. The summed E-state index contributed by atoms with van der Waals surface area (Å²) in [5.41, 5.74) is 1.39. The van der Waals surface area contributed by atoms with Gasteiger partial charge in [-0.2, -0.15) is 0 Å². The lowest BCUT2D eigenvalue weighted by Crippen LogP contribution is -2.01. The zero-order valence-corrected chi connectivity index (χ0v) is 9.78. The Morgan fingerprint density at radius 3 is 2.81 bits per heavy atom. The van der Waals surface area contributed by atoms with E-state index in [0.29, 0.717) is 22.3 Å². The van der Waals surface area contributed by atoms with Gasteiger partial charge in [0.2, 0.25) is 0 Å². The molecule has 0 atom stereocenters. The number of hydrogen-bond donors (Lipinski definition) is 1. The minimum absolute atomic E-state index is 0.122. The van der Waals surface area contributed by atoms with E-state index < -0.39 is 0 Å². The second kappa shape index (κ2) is 4.82. The van der Waals surface area contributed by atoms with Crippen LogP contribution in [0.2, 0.25) is 10.0 Å². The summed E-state index contributed by atoms with van der Waals surface area (Å²) in [6, 6.07) is 5.25. The lowest BCUT2D eigenvalue weighted by molar-refractivity contribution is 0.276. The van der Waals surface area contributed by atoms with Gasteiger partial charge in [0, 0.05) is 10.0 Å². The molecule has 1 aromatic carbocycles. The average Bonchev–Trinajstić information content (AvgIpc) is 2.71. The van der Waals surface area contributed by atoms with E-state index in [2.05, 4.69) is 10.3 Å². The maximum Gasteiger partial charge on any atom is 0.108 e. The first kappa shape index (κ1) is 11.4. The molecule has 0 spiro atoms. The SMILES string of the molecule is OCc1cn(Cc2cc(Cl)ccc2Cl)nn1. The van der Waals surface area contributed by atoms with Crippen molar-refractivity contribution in [3.8, 4) is 0 Å². The van der Waals surface area contributed by atoms with Gasteiger partial charge in [-0.15, -0.1) is 5.10 Å². The van der Waals surface area contributed by atoms with Crippen molar-refractivity contribution in [3.05, 3.63) is 45.7 Å². The van der Waals surface area contributed by atoms with Gasteiger partial charge in [-0.05, 0) is 23.8 Å². The molecule has 0 aliphatic rings. The molecule has 0 saturated carbocycles. The Morgan fingerprint density at radius 1 is 1.31 bits per heavy atom. The number of nitrogens with zero attached hydrogens (tertiary/aromatic N) is 3. The summed E-state index contributed by atoms with van der Waals surface area (Å²) in [5, 5.41) is 17.7. The van der Waals surface area contributed by atoms with Crippen LogP contribution in [0.25, 0.3) is 0 Å². The Morgan fingerprint density at radius 2 is 2.12 bits per heavy atom. The van der Waals surface area contributed by atoms with E-state index in [1.165, 1.54) is 0 Å². The van der Waals surface area contributed by atoms with Gasteiger partial charge < -0.3 is 5.11 Å². The molecule has 2 aromatic rings. The third kappa shape index (κ3) is 2.52. The van der Waals surface area contributed by atoms with Crippen LogP contribution < -0.4 is 0 Å². The van der Waals surface area contributed by atoms with Crippen LogP contribution in [-0.4, -0.2) is 20.1 Å². The number of halogens is 2. The summed E-state index contributed by atoms with van der Waals surface area (Å²) >= 11 is 11.9. The second-order valence-corrected chi connectivity index (χ2v) is 4.14. The van der Waals surface area contributed by atoms with Crippen LogP contribution in [-0.2, 0) is 13.2 Å². The summed E-state index contributed by atoms with van der Waals surface area (Å²) in [5.74, 6) is 0. The van der Waals surface area contributed by atoms with Gasteiger partial charge in [0.25, 0.3) is 0 Å². The van der Waals surface area contributed by atoms with E-state index in [1.807, 2.05) is 0 Å². The van der Waals surface area contributed by atoms with Crippen molar-refractivity contribution < 1.29 is 5.11 Å². The molecule has 16 heavy (non-hydrogen) atoms. The molecule has 6 heteroatoms. The summed E-state index contributed by atoms with van der Waals surface area (Å²) in [6.07, 6.45) is 1.66. The molecule has 0 fully saturated rings. The maximum atomic E-state index is 8.85. The van der Waals surface area contributed by atoms with Crippen LogP contribution in [0.3, 0.4) is 0 Å². The standard InChI is InChI=1S/C10H9Cl2N3O/c11-8-1-2-10(12)7(3-8)4-15-5-9(6-16)13-14-15/h1-3,5,16H,4,6H2. The summed E-state index contributed by atoms with van der Waals surface area (Å²) in [7, 11) is 0. The highest BCUT2D eigenvalue weighted by Crippen LogP contribution is 2.21. The molecular formula is C10H9Cl2N3O. The molecule has 84 valence electrons. The smallest absolute Gasteiger partial charge is 0.108 e. The lowest BCUT2D eigenvalue weighted by Gasteiger charge is -2.04. The van der Waals surface area contributed by atoms with Crippen molar-refractivity contribution in [3.63, 3.8) is 0 Å². The molecule has 2 rings (SSSR count). The van der Waals surface area contributed by atoms with E-state index in [4.69, 9.17) is 28.3 Å². The Bertz CT molecular complexity index is 499. The first-order valence-corrected chi connectivity index (χ1v) is 5.38. The summed E-state index contributed by atoms with van der Waals surface area (Å²) in [6.45, 7) is 0.357. The maximum absolute atomic E-state index is 8.85. The van der Waals surface area contributed by atoms with Gasteiger partial charge >= 0.3 is 0 Å². The van der Waals surface area contributed by atoms with Crippen molar-refractivity contribution in [2.24, 2.45) is 0 Å². The van der Waals surface area contributed by atoms with Gasteiger partial charge in [-0.3, -0.25) is 0 Å². The van der Waals surface area contributed by atoms with Gasteiger partial charge in [0.1, 0.15) is 5.69 Å². The molecule has 1 aromatic heterocycles. The van der Waals surface area contributed by atoms with Crippen molar-refractivity contribution in [2.75, 3.05) is 0 Å². The average molecular weight is 258 g/mol. The Labute approximate surface area is 102 Å². The highest BCUT2D eigenvalue weighted by atomic mass is 35.5. The van der Waals surface area contributed by atoms with Crippen LogP contribution in [0, 0.1) is 0 Å². The Balaban J connectivity index is 2.22. The zero-order valence-electron chi connectivity index (χ0n) is 8.27. The first-order valence-electron chi connectivity index (χ1n) is 4.63. The van der Waals surface area contributed by atoms with Crippen LogP contribution in [0.15, 0.2) is 24.4 Å². The quantitative estimate of drug-likeness (QED) is 0.917. The third-order valence-corrected chi connectivity index (χ3v) is 2.69. The predicted octanol–water partition coefficient (Wildman–Crippen LogP) is 2.13. The highest BCUT2D eigenvalue weighted by molar-refractivity contribution is 6.33. The highest BCUT2D eigenvalue weighted by Gasteiger charge is 2.04. The van der Waals surface area contributed by atoms with Crippen LogP contribution in [0.4, 0.5) is 0 Å². The number of aromatic nitrogens is 3. The van der Waals surface area contributed by atoms with E-state index >= 15 is 0 Å². The molecule has 0 unspecified atom stereocenters. The van der Waals surface area contributed by atoms with Crippen molar-refractivity contribution in [1.82, 2.24) is 15.0 Å². The molecule has 1 N–H and O–H groups in total. The number of hydrogen-bond acceptors (Lipinski definition) is 3. The fourth-order valence-electron chi connectivity index (χ4n) is 1.33. The molecule has 0 aliphatic carbocycles. The van der Waals surface area contributed by atoms with E-state index in [9.17, 15) is 0 Å². The van der Waals surface area contributed by atoms with Gasteiger partial charge in [-0.1, -0.05) is 28.4 Å². The molecule has 4 nitrogen and oxygen atoms in total. The minimum atomic E-state index is -0.122. The molecule has 0 bridgehead atoms. The van der Waals surface area contributed by atoms with E-state index in [-0.39, 0.29) is 6.61 Å². The van der Waals surface area contributed by atoms with E-state index in [0.717, 1.165) is 5.56 Å². The van der Waals surface area contributed by atoms with Gasteiger partial charge in [0.05, 0.1) is 19.3 Å². The van der Waals surface area contributed by atoms with Gasteiger partial charge in [0.15, 0.2) is 0 Å². The topological polar surface area (TPSA) is 50.9 Å². The molecule has 0 radical (unpaired) electrons. The molecular weight excluding hydrogens is 249 g/mol. The zero-order chi connectivity index (χ0) is 11.5. The second-order valence-electron chi connectivity index (χ2n) is 3.30. The van der Waals surface area contributed by atoms with Crippen molar-refractivity contribution >= 4 is 23.2 Å². The molecule has 0 amide bonds. The normalized spacial score (nSPS) is 10.7. The number of aliphatic hydroxyl groups excluding tert-OH is 1. The fraction of sp³-hybridized carbons (Fsp3) is 0.200. The van der Waals surface area contributed by atoms with Crippen molar-refractivity contribution in [1.29, 1.82) is 0 Å². The lowest BCUT2D eigenvalue weighted by atomic mass is 10.2. The predicted molar refractivity (Wildman–Crippen MR) is 61.5 cm³/mol. The van der Waals surface area contributed by atoms with Crippen LogP contribution in [0.5, 0.6) is 0 Å². The minimum Gasteiger partial charge on any atom is -0.390 e. The first-order chi connectivity index (χ1) is 7.69. The van der Waals surface area contributed by atoms with Crippen LogP contribution in [0.1, 0.15) is 11.3 Å². The van der Waals surface area contributed by atoms with Crippen LogP contribution >= 0.6 is 23.2 Å². The number of rotatable bonds is 3. The molecule has 0 aliphatic heterocycles. The van der Waals surface area contributed by atoms with Gasteiger partial charge in [-0.25, -0.2) is 4.68 Å². The van der Waals surface area contributed by atoms with E-state index in [1.54, 1.807) is 29.1 Å².